The van der Waals surface area contributed by atoms with Crippen LogP contribution in [0.2, 0.25) is 0 Å². The number of thioether (sulfide) groups is 1. The average molecular weight is 396 g/mol. The van der Waals surface area contributed by atoms with Gasteiger partial charge in [0.2, 0.25) is 5.89 Å². The predicted molar refractivity (Wildman–Crippen MR) is 111 cm³/mol. The number of hydrogen-bond donors (Lipinski definition) is 0. The molecule has 0 saturated heterocycles. The molecule has 1 aliphatic rings. The van der Waals surface area contributed by atoms with Crippen LogP contribution in [-0.2, 0) is 0 Å². The summed E-state index contributed by atoms with van der Waals surface area (Å²) in [6.45, 7) is 4.18. The predicted octanol–water partition coefficient (Wildman–Crippen LogP) is 5.64. The summed E-state index contributed by atoms with van der Waals surface area (Å²) < 4.78 is 8.07. The molecular weight excluding hydrogens is 370 g/mol. The average Bonchev–Trinajstić information content (AvgIpc) is 3.32. The smallest absolute Gasteiger partial charge is 0.277 e. The van der Waals surface area contributed by atoms with Crippen LogP contribution in [0.15, 0.2) is 46.0 Å². The van der Waals surface area contributed by atoms with Crippen LogP contribution in [0.3, 0.4) is 0 Å². The van der Waals surface area contributed by atoms with E-state index in [0.29, 0.717) is 22.9 Å². The summed E-state index contributed by atoms with van der Waals surface area (Å²) in [7, 11) is 0. The van der Waals surface area contributed by atoms with Gasteiger partial charge in [-0.3, -0.25) is 4.79 Å². The van der Waals surface area contributed by atoms with Crippen molar-refractivity contribution in [1.29, 1.82) is 0 Å². The van der Waals surface area contributed by atoms with E-state index >= 15 is 0 Å². The van der Waals surface area contributed by atoms with E-state index in [2.05, 4.69) is 28.6 Å². The monoisotopic (exact) mass is 395 g/mol. The number of aromatic nitrogens is 3. The minimum atomic E-state index is 0.111. The van der Waals surface area contributed by atoms with E-state index in [4.69, 9.17) is 4.42 Å². The van der Waals surface area contributed by atoms with Crippen molar-refractivity contribution in [2.24, 2.45) is 0 Å². The molecule has 1 saturated carbocycles. The Balaban J connectivity index is 1.44. The maximum Gasteiger partial charge on any atom is 0.277 e. The van der Waals surface area contributed by atoms with Gasteiger partial charge in [-0.1, -0.05) is 49.2 Å². The topological polar surface area (TPSA) is 60.9 Å². The fourth-order valence-electron chi connectivity index (χ4n) is 4.13. The highest BCUT2D eigenvalue weighted by Gasteiger charge is 2.23. The molecule has 0 radical (unpaired) electrons. The highest BCUT2D eigenvalue weighted by atomic mass is 32.2. The quantitative estimate of drug-likeness (QED) is 0.399. The molecule has 146 valence electrons. The lowest BCUT2D eigenvalue weighted by molar-refractivity contribution is 0.102. The first kappa shape index (κ1) is 19.0. The van der Waals surface area contributed by atoms with Gasteiger partial charge in [0.1, 0.15) is 0 Å². The zero-order valence-corrected chi connectivity index (χ0v) is 17.2. The van der Waals surface area contributed by atoms with Gasteiger partial charge in [-0.25, -0.2) is 0 Å². The zero-order chi connectivity index (χ0) is 19.5. The summed E-state index contributed by atoms with van der Waals surface area (Å²) >= 11 is 1.30. The van der Waals surface area contributed by atoms with Crippen molar-refractivity contribution >= 4 is 17.5 Å². The highest BCUT2D eigenvalue weighted by Crippen LogP contribution is 2.33. The molecule has 4 rings (SSSR count). The molecule has 6 heteroatoms. The Morgan fingerprint density at radius 1 is 1.14 bits per heavy atom. The molecule has 2 heterocycles. The fraction of sp³-hybridized carbons (Fsp3) is 0.409. The lowest BCUT2D eigenvalue weighted by Crippen LogP contribution is -2.16. The molecule has 0 spiro atoms. The highest BCUT2D eigenvalue weighted by molar-refractivity contribution is 7.99. The number of carbonyl (C=O) groups excluding carboxylic acids is 1. The van der Waals surface area contributed by atoms with Crippen molar-refractivity contribution in [3.8, 4) is 11.5 Å². The van der Waals surface area contributed by atoms with Crippen molar-refractivity contribution in [2.75, 3.05) is 5.75 Å². The van der Waals surface area contributed by atoms with Crippen molar-refractivity contribution in [2.45, 2.75) is 57.2 Å². The van der Waals surface area contributed by atoms with Crippen LogP contribution in [0.4, 0.5) is 0 Å². The summed E-state index contributed by atoms with van der Waals surface area (Å²) in [6.07, 6.45) is 6.31. The van der Waals surface area contributed by atoms with Gasteiger partial charge in [0.15, 0.2) is 5.78 Å². The van der Waals surface area contributed by atoms with Crippen LogP contribution in [-0.4, -0.2) is 26.3 Å². The summed E-state index contributed by atoms with van der Waals surface area (Å²) in [5.74, 6) is 0.886. The number of Topliss-reactive ketones (excluding diaryl/α,β-unsaturated/α-hetero) is 1. The van der Waals surface area contributed by atoms with Crippen LogP contribution < -0.4 is 0 Å². The fourth-order valence-corrected chi connectivity index (χ4v) is 4.78. The van der Waals surface area contributed by atoms with Gasteiger partial charge in [-0.2, -0.15) is 0 Å². The number of nitrogens with zero attached hydrogens (tertiary/aromatic N) is 3. The largest absolute Gasteiger partial charge is 0.411 e. The van der Waals surface area contributed by atoms with Gasteiger partial charge < -0.3 is 8.98 Å². The Morgan fingerprint density at radius 2 is 1.89 bits per heavy atom. The van der Waals surface area contributed by atoms with Gasteiger partial charge in [0.25, 0.3) is 5.22 Å². The maximum atomic E-state index is 12.8. The molecular formula is C22H25N3O2S. The van der Waals surface area contributed by atoms with Crippen molar-refractivity contribution in [3.63, 3.8) is 0 Å². The second kappa shape index (κ2) is 8.35. The summed E-state index contributed by atoms with van der Waals surface area (Å²) in [4.78, 5) is 12.8. The molecule has 5 nitrogen and oxygen atoms in total. The van der Waals surface area contributed by atoms with Gasteiger partial charge in [-0.15, -0.1) is 10.2 Å². The standard InChI is InChI=1S/C22H25N3O2S/c1-15-13-19(16(2)25(15)18-11-7-4-8-12-18)20(26)14-28-22-24-23-21(27-22)17-9-5-3-6-10-17/h3,5-6,9-10,13,18H,4,7-8,11-12,14H2,1-2H3. The minimum Gasteiger partial charge on any atom is -0.411 e. The van der Waals surface area contributed by atoms with Gasteiger partial charge in [-0.05, 0) is 44.9 Å². The number of hydrogen-bond acceptors (Lipinski definition) is 5. The molecule has 0 N–H and O–H groups in total. The third-order valence-corrected chi connectivity index (χ3v) is 6.30. The molecule has 28 heavy (non-hydrogen) atoms. The molecule has 2 aromatic heterocycles. The van der Waals surface area contributed by atoms with Crippen LogP contribution in [0.25, 0.3) is 11.5 Å². The number of rotatable bonds is 6. The van der Waals surface area contributed by atoms with E-state index in [0.717, 1.165) is 16.8 Å². The van der Waals surface area contributed by atoms with Gasteiger partial charge in [0.05, 0.1) is 5.75 Å². The molecule has 0 amide bonds. The maximum absolute atomic E-state index is 12.8. The third-order valence-electron chi connectivity index (χ3n) is 5.48. The van der Waals surface area contributed by atoms with Crippen LogP contribution in [0.1, 0.15) is 59.9 Å². The van der Waals surface area contributed by atoms with Crippen LogP contribution in [0, 0.1) is 13.8 Å². The second-order valence-electron chi connectivity index (χ2n) is 7.40. The SMILES string of the molecule is Cc1cc(C(=O)CSc2nnc(-c3ccccc3)o2)c(C)n1C1CCCCC1. The minimum absolute atomic E-state index is 0.111. The Hall–Kier alpha value is -2.34. The Labute approximate surface area is 169 Å². The second-order valence-corrected chi connectivity index (χ2v) is 8.32. The van der Waals surface area contributed by atoms with E-state index in [1.807, 2.05) is 36.4 Å². The Bertz CT molecular complexity index is 956. The van der Waals surface area contributed by atoms with E-state index in [9.17, 15) is 4.79 Å². The molecule has 1 fully saturated rings. The van der Waals surface area contributed by atoms with Gasteiger partial charge >= 0.3 is 0 Å². The van der Waals surface area contributed by atoms with E-state index in [1.165, 1.54) is 49.6 Å². The Morgan fingerprint density at radius 3 is 2.64 bits per heavy atom. The lowest BCUT2D eigenvalue weighted by Gasteiger charge is -2.26. The summed E-state index contributed by atoms with van der Waals surface area (Å²) in [5.41, 5.74) is 3.97. The van der Waals surface area contributed by atoms with Gasteiger partial charge in [0, 0.05) is 28.6 Å². The normalized spacial score (nSPS) is 15.1. The molecule has 3 aromatic rings. The molecule has 0 aliphatic heterocycles. The first-order valence-corrected chi connectivity index (χ1v) is 10.9. The molecule has 0 bridgehead atoms. The van der Waals surface area contributed by atoms with Crippen molar-refractivity contribution < 1.29 is 9.21 Å². The number of carbonyl (C=O) groups is 1. The van der Waals surface area contributed by atoms with Crippen molar-refractivity contribution in [1.82, 2.24) is 14.8 Å². The molecule has 0 atom stereocenters. The lowest BCUT2D eigenvalue weighted by atomic mass is 9.95. The summed E-state index contributed by atoms with van der Waals surface area (Å²) in [5, 5.41) is 8.57. The first-order chi connectivity index (χ1) is 13.6. The number of benzene rings is 1. The first-order valence-electron chi connectivity index (χ1n) is 9.87. The Kier molecular flexibility index (Phi) is 5.67. The molecule has 0 unspecified atom stereocenters. The zero-order valence-electron chi connectivity index (χ0n) is 16.4. The van der Waals surface area contributed by atoms with E-state index < -0.39 is 0 Å². The van der Waals surface area contributed by atoms with E-state index in [-0.39, 0.29) is 5.78 Å². The van der Waals surface area contributed by atoms with Crippen LogP contribution >= 0.6 is 11.8 Å². The summed E-state index contributed by atoms with van der Waals surface area (Å²) in [6, 6.07) is 12.2. The van der Waals surface area contributed by atoms with E-state index in [1.54, 1.807) is 0 Å². The van der Waals surface area contributed by atoms with Crippen LogP contribution in [0.5, 0.6) is 0 Å². The molecule has 1 aromatic carbocycles. The third kappa shape index (κ3) is 3.92. The molecule has 1 aliphatic carbocycles. The number of aryl methyl sites for hydroxylation is 1. The number of ketones is 1. The van der Waals surface area contributed by atoms with Crippen molar-refractivity contribution in [3.05, 3.63) is 53.3 Å².